The smallest absolute Gasteiger partial charge is 0.231 e. The Kier molecular flexibility index (Phi) is 4.42. The van der Waals surface area contributed by atoms with Crippen molar-refractivity contribution < 1.29 is 19.3 Å². The summed E-state index contributed by atoms with van der Waals surface area (Å²) < 4.78 is 16.3. The number of ether oxygens (including phenoxy) is 3. The van der Waals surface area contributed by atoms with Gasteiger partial charge in [-0.05, 0) is 24.1 Å². The standard InChI is InChI=1S/C18H21N3O4/c1-23-16-4-12(5-17-18(16)25-11-24-17)8-21-9-13(15(22)10-21)6-14-7-19-2-3-20-14/h2-5,7,13,15,22H,6,8-11H2,1H3/t13-,15-/m1/s1. The first-order valence-corrected chi connectivity index (χ1v) is 8.34. The fraction of sp³-hybridized carbons (Fsp3) is 0.444. The lowest BCUT2D eigenvalue weighted by Crippen LogP contribution is -2.21. The lowest BCUT2D eigenvalue weighted by Gasteiger charge is -2.16. The number of β-amino-alcohol motifs (C(OH)–C–C–N with tert-alkyl or cyclic N) is 1. The van der Waals surface area contributed by atoms with E-state index in [4.69, 9.17) is 14.2 Å². The maximum Gasteiger partial charge on any atom is 0.231 e. The molecule has 132 valence electrons. The quantitative estimate of drug-likeness (QED) is 0.875. The molecule has 2 aromatic rings. The zero-order valence-corrected chi connectivity index (χ0v) is 14.1. The third-order valence-corrected chi connectivity index (χ3v) is 4.69. The van der Waals surface area contributed by atoms with Gasteiger partial charge in [-0.1, -0.05) is 0 Å². The van der Waals surface area contributed by atoms with Gasteiger partial charge in [-0.25, -0.2) is 0 Å². The Morgan fingerprint density at radius 2 is 2.20 bits per heavy atom. The first-order valence-electron chi connectivity index (χ1n) is 8.34. The van der Waals surface area contributed by atoms with E-state index in [0.29, 0.717) is 23.8 Å². The van der Waals surface area contributed by atoms with Crippen LogP contribution < -0.4 is 14.2 Å². The highest BCUT2D eigenvalue weighted by Gasteiger charge is 2.32. The molecule has 1 saturated heterocycles. The van der Waals surface area contributed by atoms with Crippen LogP contribution in [0.25, 0.3) is 0 Å². The van der Waals surface area contributed by atoms with Gasteiger partial charge in [0.05, 0.1) is 18.9 Å². The fourth-order valence-corrected chi connectivity index (χ4v) is 3.51. The van der Waals surface area contributed by atoms with E-state index in [1.807, 2.05) is 12.1 Å². The average Bonchev–Trinajstić information content (AvgIpc) is 3.22. The summed E-state index contributed by atoms with van der Waals surface area (Å²) in [4.78, 5) is 10.6. The predicted molar refractivity (Wildman–Crippen MR) is 89.6 cm³/mol. The Hall–Kier alpha value is -2.38. The van der Waals surface area contributed by atoms with Gasteiger partial charge in [-0.15, -0.1) is 0 Å². The van der Waals surface area contributed by atoms with Gasteiger partial charge < -0.3 is 19.3 Å². The third-order valence-electron chi connectivity index (χ3n) is 4.69. The topological polar surface area (TPSA) is 76.9 Å². The van der Waals surface area contributed by atoms with Crippen LogP contribution in [0, 0.1) is 5.92 Å². The molecule has 2 aliphatic rings. The Morgan fingerprint density at radius 1 is 1.28 bits per heavy atom. The highest BCUT2D eigenvalue weighted by Crippen LogP contribution is 2.42. The van der Waals surface area contributed by atoms with Crippen molar-refractivity contribution >= 4 is 0 Å². The van der Waals surface area contributed by atoms with E-state index in [0.717, 1.165) is 30.8 Å². The molecule has 1 aromatic carbocycles. The molecule has 0 radical (unpaired) electrons. The van der Waals surface area contributed by atoms with Crippen LogP contribution >= 0.6 is 0 Å². The molecule has 2 atom stereocenters. The Bertz CT molecular complexity index is 741. The molecule has 0 aliphatic carbocycles. The number of aliphatic hydroxyl groups excluding tert-OH is 1. The summed E-state index contributed by atoms with van der Waals surface area (Å²) in [6, 6.07) is 3.95. The normalized spacial score (nSPS) is 22.3. The van der Waals surface area contributed by atoms with E-state index in [-0.39, 0.29) is 18.8 Å². The molecule has 0 unspecified atom stereocenters. The largest absolute Gasteiger partial charge is 0.493 e. The average molecular weight is 343 g/mol. The number of nitrogens with zero attached hydrogens (tertiary/aromatic N) is 3. The minimum atomic E-state index is -0.363. The van der Waals surface area contributed by atoms with Crippen LogP contribution in [0.1, 0.15) is 11.3 Å². The first-order chi connectivity index (χ1) is 12.2. The molecule has 25 heavy (non-hydrogen) atoms. The monoisotopic (exact) mass is 343 g/mol. The molecule has 2 aliphatic heterocycles. The number of hydrogen-bond donors (Lipinski definition) is 1. The number of aliphatic hydroxyl groups is 1. The number of rotatable bonds is 5. The van der Waals surface area contributed by atoms with E-state index in [2.05, 4.69) is 14.9 Å². The van der Waals surface area contributed by atoms with Gasteiger partial charge in [0.15, 0.2) is 11.5 Å². The molecule has 0 saturated carbocycles. The minimum absolute atomic E-state index is 0.160. The van der Waals surface area contributed by atoms with Crippen LogP contribution in [0.3, 0.4) is 0 Å². The summed E-state index contributed by atoms with van der Waals surface area (Å²) in [6.45, 7) is 2.40. The van der Waals surface area contributed by atoms with Crippen molar-refractivity contribution in [3.05, 3.63) is 42.0 Å². The molecule has 1 N–H and O–H groups in total. The van der Waals surface area contributed by atoms with Crippen molar-refractivity contribution in [1.29, 1.82) is 0 Å². The zero-order valence-electron chi connectivity index (χ0n) is 14.1. The Balaban J connectivity index is 1.44. The second-order valence-electron chi connectivity index (χ2n) is 6.45. The lowest BCUT2D eigenvalue weighted by molar-refractivity contribution is 0.140. The van der Waals surface area contributed by atoms with Crippen molar-refractivity contribution in [1.82, 2.24) is 14.9 Å². The van der Waals surface area contributed by atoms with Crippen molar-refractivity contribution in [3.8, 4) is 17.2 Å². The predicted octanol–water partition coefficient (Wildman–Crippen LogP) is 1.25. The SMILES string of the molecule is COc1cc(CN2C[C@@H](Cc3cnccn3)[C@H](O)C2)cc2c1OCO2. The summed E-state index contributed by atoms with van der Waals surface area (Å²) in [7, 11) is 1.62. The molecular formula is C18H21N3O4. The van der Waals surface area contributed by atoms with Gasteiger partial charge in [0.25, 0.3) is 0 Å². The van der Waals surface area contributed by atoms with Gasteiger partial charge in [0.2, 0.25) is 12.5 Å². The summed E-state index contributed by atoms with van der Waals surface area (Å²) in [5, 5.41) is 10.4. The van der Waals surface area contributed by atoms with E-state index >= 15 is 0 Å². The van der Waals surface area contributed by atoms with Gasteiger partial charge in [0.1, 0.15) is 0 Å². The number of hydrogen-bond acceptors (Lipinski definition) is 7. The molecule has 3 heterocycles. The van der Waals surface area contributed by atoms with Crippen LogP contribution in [0.2, 0.25) is 0 Å². The van der Waals surface area contributed by atoms with Crippen molar-refractivity contribution in [2.45, 2.75) is 19.1 Å². The molecule has 4 rings (SSSR count). The van der Waals surface area contributed by atoms with Crippen molar-refractivity contribution in [2.24, 2.45) is 5.92 Å². The van der Waals surface area contributed by atoms with Crippen LogP contribution in [0.15, 0.2) is 30.7 Å². The highest BCUT2D eigenvalue weighted by molar-refractivity contribution is 5.55. The maximum absolute atomic E-state index is 10.4. The molecule has 7 heteroatoms. The molecule has 7 nitrogen and oxygen atoms in total. The first kappa shape index (κ1) is 16.1. The minimum Gasteiger partial charge on any atom is -0.493 e. The number of aromatic nitrogens is 2. The fourth-order valence-electron chi connectivity index (χ4n) is 3.51. The van der Waals surface area contributed by atoms with Gasteiger partial charge in [-0.3, -0.25) is 14.9 Å². The number of benzene rings is 1. The highest BCUT2D eigenvalue weighted by atomic mass is 16.7. The Labute approximate surface area is 146 Å². The number of methoxy groups -OCH3 is 1. The summed E-state index contributed by atoms with van der Waals surface area (Å²) in [5.74, 6) is 2.21. The zero-order chi connectivity index (χ0) is 17.2. The number of likely N-dealkylation sites (tertiary alicyclic amines) is 1. The van der Waals surface area contributed by atoms with E-state index < -0.39 is 0 Å². The van der Waals surface area contributed by atoms with E-state index in [9.17, 15) is 5.11 Å². The second kappa shape index (κ2) is 6.85. The van der Waals surface area contributed by atoms with Crippen molar-refractivity contribution in [2.75, 3.05) is 27.0 Å². The molecular weight excluding hydrogens is 322 g/mol. The van der Waals surface area contributed by atoms with E-state index in [1.165, 1.54) is 0 Å². The van der Waals surface area contributed by atoms with Gasteiger partial charge in [0, 0.05) is 44.1 Å². The summed E-state index contributed by atoms with van der Waals surface area (Å²) >= 11 is 0. The summed E-state index contributed by atoms with van der Waals surface area (Å²) in [6.07, 6.45) is 5.48. The van der Waals surface area contributed by atoms with Gasteiger partial charge in [-0.2, -0.15) is 0 Å². The summed E-state index contributed by atoms with van der Waals surface area (Å²) in [5.41, 5.74) is 1.99. The van der Waals surface area contributed by atoms with E-state index in [1.54, 1.807) is 25.7 Å². The second-order valence-corrected chi connectivity index (χ2v) is 6.45. The molecule has 1 fully saturated rings. The van der Waals surface area contributed by atoms with Crippen LogP contribution in [-0.4, -0.2) is 53.1 Å². The maximum atomic E-state index is 10.4. The van der Waals surface area contributed by atoms with Crippen molar-refractivity contribution in [3.63, 3.8) is 0 Å². The molecule has 1 aromatic heterocycles. The molecule has 0 amide bonds. The molecule has 0 bridgehead atoms. The van der Waals surface area contributed by atoms with Gasteiger partial charge >= 0.3 is 0 Å². The molecule has 0 spiro atoms. The van der Waals surface area contributed by atoms with Crippen LogP contribution in [-0.2, 0) is 13.0 Å². The van der Waals surface area contributed by atoms with Crippen LogP contribution in [0.5, 0.6) is 17.2 Å². The third kappa shape index (κ3) is 3.38. The Morgan fingerprint density at radius 3 is 3.00 bits per heavy atom. The lowest BCUT2D eigenvalue weighted by atomic mass is 10.0. The van der Waals surface area contributed by atoms with Crippen LogP contribution in [0.4, 0.5) is 0 Å². The number of fused-ring (bicyclic) bond motifs is 1.